The molecule has 0 spiro atoms. The minimum Gasteiger partial charge on any atom is -0.480 e. The molecule has 0 saturated heterocycles. The van der Waals surface area contributed by atoms with Gasteiger partial charge in [0.05, 0.1) is 19.3 Å². The third-order valence-electron chi connectivity index (χ3n) is 6.93. The van der Waals surface area contributed by atoms with E-state index in [0.29, 0.717) is 31.1 Å². The van der Waals surface area contributed by atoms with Gasteiger partial charge in [-0.1, -0.05) is 69.4 Å². The standard InChI is InChI=1S/C29H39NO5/c1-4-27(29(32)33)30-28(31)25-15-14-22(17-26(25)24-13-9-8-10-20(24)2)18-35-23(19-34-3)16-21-11-6-5-7-12-21/h8-10,13-15,17,21,23,27H,4-7,11-12,16,18-19H2,1-3H3,(H,30,31)(H,32,33). The van der Waals surface area contributed by atoms with E-state index in [1.165, 1.54) is 32.1 Å². The lowest BCUT2D eigenvalue weighted by molar-refractivity contribution is -0.139. The third kappa shape index (κ3) is 7.64. The van der Waals surface area contributed by atoms with Crippen LogP contribution < -0.4 is 5.32 Å². The van der Waals surface area contributed by atoms with Crippen molar-refractivity contribution in [1.82, 2.24) is 5.32 Å². The topological polar surface area (TPSA) is 84.9 Å². The molecule has 6 nitrogen and oxygen atoms in total. The van der Waals surface area contributed by atoms with Gasteiger partial charge in [-0.3, -0.25) is 4.79 Å². The zero-order valence-electron chi connectivity index (χ0n) is 21.2. The normalized spacial score (nSPS) is 16.0. The Hall–Kier alpha value is -2.70. The van der Waals surface area contributed by atoms with Gasteiger partial charge in [0.1, 0.15) is 6.04 Å². The number of rotatable bonds is 12. The monoisotopic (exact) mass is 481 g/mol. The SMILES string of the molecule is CCC(NC(=O)c1ccc(COC(COC)CC2CCCCC2)cc1-c1ccccc1C)C(=O)O. The van der Waals surface area contributed by atoms with Gasteiger partial charge < -0.3 is 19.9 Å². The molecule has 35 heavy (non-hydrogen) atoms. The maximum Gasteiger partial charge on any atom is 0.326 e. The zero-order valence-corrected chi connectivity index (χ0v) is 21.2. The summed E-state index contributed by atoms with van der Waals surface area (Å²) in [5.74, 6) is -0.733. The van der Waals surface area contributed by atoms with Crippen molar-refractivity contribution in [3.8, 4) is 11.1 Å². The van der Waals surface area contributed by atoms with Crippen molar-refractivity contribution in [2.75, 3.05) is 13.7 Å². The Labute approximate surface area is 209 Å². The average molecular weight is 482 g/mol. The van der Waals surface area contributed by atoms with Gasteiger partial charge in [0.15, 0.2) is 0 Å². The average Bonchev–Trinajstić information content (AvgIpc) is 2.86. The summed E-state index contributed by atoms with van der Waals surface area (Å²) in [6.07, 6.45) is 7.82. The van der Waals surface area contributed by atoms with Gasteiger partial charge in [-0.2, -0.15) is 0 Å². The molecule has 2 N–H and O–H groups in total. The Bertz CT molecular complexity index is 983. The number of amides is 1. The summed E-state index contributed by atoms with van der Waals surface area (Å²) in [7, 11) is 1.71. The molecule has 0 heterocycles. The van der Waals surface area contributed by atoms with Gasteiger partial charge in [-0.05, 0) is 60.1 Å². The molecule has 0 aromatic heterocycles. The summed E-state index contributed by atoms with van der Waals surface area (Å²) < 4.78 is 11.7. The Morgan fingerprint density at radius 1 is 1.09 bits per heavy atom. The van der Waals surface area contributed by atoms with Crippen molar-refractivity contribution < 1.29 is 24.2 Å². The Morgan fingerprint density at radius 2 is 1.83 bits per heavy atom. The van der Waals surface area contributed by atoms with E-state index < -0.39 is 12.0 Å². The summed E-state index contributed by atoms with van der Waals surface area (Å²) in [4.78, 5) is 24.5. The fourth-order valence-electron chi connectivity index (χ4n) is 4.93. The molecule has 1 fully saturated rings. The second-order valence-electron chi connectivity index (χ2n) is 9.60. The number of aryl methyl sites for hydroxylation is 1. The van der Waals surface area contributed by atoms with E-state index in [-0.39, 0.29) is 12.0 Å². The number of hydrogen-bond acceptors (Lipinski definition) is 4. The number of carbonyl (C=O) groups is 2. The van der Waals surface area contributed by atoms with E-state index in [1.807, 2.05) is 43.3 Å². The van der Waals surface area contributed by atoms with Gasteiger partial charge in [-0.15, -0.1) is 0 Å². The van der Waals surface area contributed by atoms with Crippen LogP contribution in [0, 0.1) is 12.8 Å². The highest BCUT2D eigenvalue weighted by Gasteiger charge is 2.23. The first-order valence-electron chi connectivity index (χ1n) is 12.8. The van der Waals surface area contributed by atoms with Crippen LogP contribution in [0.2, 0.25) is 0 Å². The number of benzene rings is 2. The summed E-state index contributed by atoms with van der Waals surface area (Å²) in [5, 5.41) is 12.0. The third-order valence-corrected chi connectivity index (χ3v) is 6.93. The lowest BCUT2D eigenvalue weighted by Gasteiger charge is -2.26. The quantitative estimate of drug-likeness (QED) is 0.403. The largest absolute Gasteiger partial charge is 0.480 e. The first-order valence-corrected chi connectivity index (χ1v) is 12.8. The van der Waals surface area contributed by atoms with E-state index in [2.05, 4.69) is 5.32 Å². The van der Waals surface area contributed by atoms with E-state index in [9.17, 15) is 14.7 Å². The van der Waals surface area contributed by atoms with Gasteiger partial charge >= 0.3 is 5.97 Å². The Morgan fingerprint density at radius 3 is 2.49 bits per heavy atom. The van der Waals surface area contributed by atoms with Crippen LogP contribution in [-0.2, 0) is 20.9 Å². The fourth-order valence-corrected chi connectivity index (χ4v) is 4.93. The summed E-state index contributed by atoms with van der Waals surface area (Å²) in [6, 6.07) is 12.6. The van der Waals surface area contributed by atoms with E-state index in [4.69, 9.17) is 9.47 Å². The number of methoxy groups -OCH3 is 1. The van der Waals surface area contributed by atoms with E-state index in [0.717, 1.165) is 28.7 Å². The molecule has 0 aliphatic heterocycles. The minimum absolute atomic E-state index is 0.0360. The molecular weight excluding hydrogens is 442 g/mol. The van der Waals surface area contributed by atoms with Crippen molar-refractivity contribution in [2.24, 2.45) is 5.92 Å². The number of hydrogen-bond donors (Lipinski definition) is 2. The second-order valence-corrected chi connectivity index (χ2v) is 9.60. The predicted molar refractivity (Wildman–Crippen MR) is 137 cm³/mol. The van der Waals surface area contributed by atoms with E-state index >= 15 is 0 Å². The van der Waals surface area contributed by atoms with Crippen molar-refractivity contribution in [3.05, 3.63) is 59.2 Å². The van der Waals surface area contributed by atoms with Gasteiger partial charge in [0.25, 0.3) is 5.91 Å². The molecule has 0 radical (unpaired) electrons. The van der Waals surface area contributed by atoms with Crippen LogP contribution in [0.1, 0.15) is 73.4 Å². The van der Waals surface area contributed by atoms with Crippen molar-refractivity contribution in [2.45, 2.75) is 77.5 Å². The van der Waals surface area contributed by atoms with Gasteiger partial charge in [-0.25, -0.2) is 4.79 Å². The smallest absolute Gasteiger partial charge is 0.326 e. The molecule has 2 aromatic rings. The first-order chi connectivity index (χ1) is 16.9. The molecule has 3 rings (SSSR count). The highest BCUT2D eigenvalue weighted by atomic mass is 16.5. The molecule has 2 atom stereocenters. The van der Waals surface area contributed by atoms with Crippen molar-refractivity contribution >= 4 is 11.9 Å². The predicted octanol–water partition coefficient (Wildman–Crippen LogP) is 5.76. The molecule has 1 aliphatic rings. The zero-order chi connectivity index (χ0) is 25.2. The number of aliphatic carboxylic acids is 1. The van der Waals surface area contributed by atoms with Crippen molar-refractivity contribution in [3.63, 3.8) is 0 Å². The Kier molecular flexibility index (Phi) is 10.3. The second kappa shape index (κ2) is 13.4. The van der Waals surface area contributed by atoms with Crippen molar-refractivity contribution in [1.29, 1.82) is 0 Å². The molecule has 2 unspecified atom stereocenters. The molecule has 190 valence electrons. The number of carboxylic acids is 1. The van der Waals surface area contributed by atoms with Crippen LogP contribution in [0.3, 0.4) is 0 Å². The maximum absolute atomic E-state index is 13.1. The Balaban J connectivity index is 1.82. The number of ether oxygens (including phenoxy) is 2. The molecular formula is C29H39NO5. The minimum atomic E-state index is -1.04. The lowest BCUT2D eigenvalue weighted by Crippen LogP contribution is -2.40. The summed E-state index contributed by atoms with van der Waals surface area (Å²) in [5.41, 5.74) is 4.18. The van der Waals surface area contributed by atoms with Gasteiger partial charge in [0, 0.05) is 12.7 Å². The molecule has 2 aromatic carbocycles. The maximum atomic E-state index is 13.1. The van der Waals surface area contributed by atoms with Crippen LogP contribution in [0.25, 0.3) is 11.1 Å². The lowest BCUT2D eigenvalue weighted by atomic mass is 9.85. The number of nitrogens with one attached hydrogen (secondary N) is 1. The van der Waals surface area contributed by atoms with Crippen LogP contribution >= 0.6 is 0 Å². The number of carbonyl (C=O) groups excluding carboxylic acids is 1. The van der Waals surface area contributed by atoms with Gasteiger partial charge in [0.2, 0.25) is 0 Å². The summed E-state index contributed by atoms with van der Waals surface area (Å²) in [6.45, 7) is 4.74. The molecule has 1 amide bonds. The highest BCUT2D eigenvalue weighted by molar-refractivity contribution is 6.02. The molecule has 1 saturated carbocycles. The van der Waals surface area contributed by atoms with Crippen LogP contribution in [0.4, 0.5) is 0 Å². The molecule has 1 aliphatic carbocycles. The van der Waals surface area contributed by atoms with Crippen LogP contribution in [-0.4, -0.2) is 42.8 Å². The first kappa shape index (κ1) is 26.9. The number of carboxylic acid groups (broad SMARTS) is 1. The highest BCUT2D eigenvalue weighted by Crippen LogP contribution is 2.30. The van der Waals surface area contributed by atoms with E-state index in [1.54, 1.807) is 20.1 Å². The molecule has 6 heteroatoms. The molecule has 0 bridgehead atoms. The van der Waals surface area contributed by atoms with Crippen LogP contribution in [0.5, 0.6) is 0 Å². The summed E-state index contributed by atoms with van der Waals surface area (Å²) >= 11 is 0. The van der Waals surface area contributed by atoms with Crippen LogP contribution in [0.15, 0.2) is 42.5 Å². The fraction of sp³-hybridized carbons (Fsp3) is 0.517.